The van der Waals surface area contributed by atoms with Gasteiger partial charge in [0.2, 0.25) is 0 Å². The number of benzene rings is 2. The topological polar surface area (TPSA) is 72.6 Å². The van der Waals surface area contributed by atoms with E-state index in [2.05, 4.69) is 0 Å². The van der Waals surface area contributed by atoms with Gasteiger partial charge in [0.1, 0.15) is 11.5 Å². The lowest BCUT2D eigenvalue weighted by atomic mass is 10.1. The molecule has 1 N–H and O–H groups in total. The second-order valence-corrected chi connectivity index (χ2v) is 4.58. The van der Waals surface area contributed by atoms with E-state index in [0.717, 1.165) is 11.1 Å². The third kappa shape index (κ3) is 2.95. The molecule has 0 amide bonds. The Balaban J connectivity index is 2.34. The Bertz CT molecular complexity index is 652. The van der Waals surface area contributed by atoms with Crippen molar-refractivity contribution in [3.8, 4) is 11.5 Å². The van der Waals surface area contributed by atoms with Crippen LogP contribution in [0.25, 0.3) is 0 Å². The van der Waals surface area contributed by atoms with E-state index in [0.29, 0.717) is 11.5 Å². The number of rotatable bonds is 4. The van der Waals surface area contributed by atoms with Gasteiger partial charge in [0.25, 0.3) is 5.69 Å². The van der Waals surface area contributed by atoms with Gasteiger partial charge in [0.05, 0.1) is 17.1 Å². The summed E-state index contributed by atoms with van der Waals surface area (Å²) in [5.74, 6) is 1.16. The van der Waals surface area contributed by atoms with Gasteiger partial charge in [-0.2, -0.15) is 0 Å². The highest BCUT2D eigenvalue weighted by Crippen LogP contribution is 2.29. The van der Waals surface area contributed by atoms with Crippen molar-refractivity contribution in [1.82, 2.24) is 0 Å². The van der Waals surface area contributed by atoms with Crippen LogP contribution >= 0.6 is 0 Å². The average Bonchev–Trinajstić information content (AvgIpc) is 2.42. The smallest absolute Gasteiger partial charge is 0.275 e. The summed E-state index contributed by atoms with van der Waals surface area (Å²) in [6, 6.07) is 10.2. The predicted molar refractivity (Wildman–Crippen MR) is 75.0 cm³/mol. The lowest BCUT2D eigenvalue weighted by molar-refractivity contribution is -0.385. The van der Waals surface area contributed by atoms with Crippen molar-refractivity contribution in [2.45, 2.75) is 20.5 Å². The number of aryl methyl sites for hydroxylation is 2. The van der Waals surface area contributed by atoms with Crippen LogP contribution in [0.1, 0.15) is 16.7 Å². The molecule has 0 heterocycles. The van der Waals surface area contributed by atoms with Crippen LogP contribution in [0.3, 0.4) is 0 Å². The summed E-state index contributed by atoms with van der Waals surface area (Å²) < 4.78 is 5.73. The zero-order valence-electron chi connectivity index (χ0n) is 11.3. The highest BCUT2D eigenvalue weighted by atomic mass is 16.6. The summed E-state index contributed by atoms with van der Waals surface area (Å²) in [5, 5.41) is 20.0. The van der Waals surface area contributed by atoms with Crippen molar-refractivity contribution < 1.29 is 14.8 Å². The summed E-state index contributed by atoms with van der Waals surface area (Å²) in [6.07, 6.45) is 0. The first-order chi connectivity index (χ1) is 9.51. The molecule has 5 heteroatoms. The number of hydrogen-bond donors (Lipinski definition) is 1. The fourth-order valence-corrected chi connectivity index (χ4v) is 1.87. The number of hydrogen-bond acceptors (Lipinski definition) is 4. The number of aliphatic hydroxyl groups is 1. The van der Waals surface area contributed by atoms with Gasteiger partial charge < -0.3 is 9.84 Å². The zero-order chi connectivity index (χ0) is 14.7. The molecule has 0 aliphatic heterocycles. The summed E-state index contributed by atoms with van der Waals surface area (Å²) in [7, 11) is 0. The van der Waals surface area contributed by atoms with Crippen molar-refractivity contribution in [3.63, 3.8) is 0 Å². The third-order valence-corrected chi connectivity index (χ3v) is 2.99. The quantitative estimate of drug-likeness (QED) is 0.683. The molecule has 5 nitrogen and oxygen atoms in total. The zero-order valence-corrected chi connectivity index (χ0v) is 11.3. The highest BCUT2D eigenvalue weighted by Gasteiger charge is 2.14. The molecule has 0 aliphatic rings. The second-order valence-electron chi connectivity index (χ2n) is 4.58. The first kappa shape index (κ1) is 14.0. The van der Waals surface area contributed by atoms with Crippen molar-refractivity contribution in [2.24, 2.45) is 0 Å². The molecule has 0 bridgehead atoms. The molecular formula is C15H15NO4. The lowest BCUT2D eigenvalue weighted by Crippen LogP contribution is -1.96. The van der Waals surface area contributed by atoms with Crippen molar-refractivity contribution in [2.75, 3.05) is 0 Å². The number of ether oxygens (including phenoxy) is 1. The van der Waals surface area contributed by atoms with Gasteiger partial charge in [-0.3, -0.25) is 10.1 Å². The van der Waals surface area contributed by atoms with Crippen molar-refractivity contribution in [3.05, 3.63) is 63.2 Å². The van der Waals surface area contributed by atoms with Gasteiger partial charge in [0, 0.05) is 6.07 Å². The Kier molecular flexibility index (Phi) is 4.00. The standard InChI is InChI=1S/C15H15NO4/c1-10-3-4-11(2)15(7-10)20-13-5-6-14(16(18)19)12(8-13)9-17/h3-8,17H,9H2,1-2H3. The monoisotopic (exact) mass is 273 g/mol. The summed E-state index contributed by atoms with van der Waals surface area (Å²) in [4.78, 5) is 10.3. The summed E-state index contributed by atoms with van der Waals surface area (Å²) >= 11 is 0. The molecule has 0 saturated carbocycles. The van der Waals surface area contributed by atoms with Crippen LogP contribution in [-0.2, 0) is 6.61 Å². The van der Waals surface area contributed by atoms with Crippen LogP contribution < -0.4 is 4.74 Å². The third-order valence-electron chi connectivity index (χ3n) is 2.99. The van der Waals surface area contributed by atoms with Crippen LogP contribution in [0.15, 0.2) is 36.4 Å². The van der Waals surface area contributed by atoms with E-state index in [-0.39, 0.29) is 11.3 Å². The maximum atomic E-state index is 10.8. The maximum Gasteiger partial charge on any atom is 0.275 e. The summed E-state index contributed by atoms with van der Waals surface area (Å²) in [5.41, 5.74) is 2.16. The Morgan fingerprint density at radius 2 is 1.95 bits per heavy atom. The number of aliphatic hydroxyl groups excluding tert-OH is 1. The van der Waals surface area contributed by atoms with E-state index in [9.17, 15) is 15.2 Å². The van der Waals surface area contributed by atoms with Gasteiger partial charge in [-0.05, 0) is 43.2 Å². The predicted octanol–water partition coefficient (Wildman–Crippen LogP) is 3.50. The number of nitro benzene ring substituents is 1. The van der Waals surface area contributed by atoms with Crippen molar-refractivity contribution in [1.29, 1.82) is 0 Å². The molecule has 0 aliphatic carbocycles. The number of nitrogens with zero attached hydrogens (tertiary/aromatic N) is 1. The minimum atomic E-state index is -0.521. The van der Waals surface area contributed by atoms with Crippen LogP contribution in [0.2, 0.25) is 0 Å². The first-order valence-corrected chi connectivity index (χ1v) is 6.14. The molecule has 0 fully saturated rings. The molecule has 2 aromatic carbocycles. The highest BCUT2D eigenvalue weighted by molar-refractivity contribution is 5.47. The Morgan fingerprint density at radius 3 is 2.60 bits per heavy atom. The normalized spacial score (nSPS) is 10.3. The van der Waals surface area contributed by atoms with E-state index in [4.69, 9.17) is 4.74 Å². The SMILES string of the molecule is Cc1ccc(C)c(Oc2ccc([N+](=O)[O-])c(CO)c2)c1. The van der Waals surface area contributed by atoms with Gasteiger partial charge in [0.15, 0.2) is 0 Å². The van der Waals surface area contributed by atoms with Gasteiger partial charge in [-0.1, -0.05) is 12.1 Å². The molecule has 104 valence electrons. The number of nitro groups is 1. The van der Waals surface area contributed by atoms with Crippen LogP contribution in [0, 0.1) is 24.0 Å². The van der Waals surface area contributed by atoms with E-state index < -0.39 is 11.5 Å². The fraction of sp³-hybridized carbons (Fsp3) is 0.200. The fourth-order valence-electron chi connectivity index (χ4n) is 1.87. The first-order valence-electron chi connectivity index (χ1n) is 6.14. The van der Waals surface area contributed by atoms with E-state index in [1.807, 2.05) is 32.0 Å². The molecule has 2 rings (SSSR count). The molecule has 0 unspecified atom stereocenters. The largest absolute Gasteiger partial charge is 0.457 e. The minimum Gasteiger partial charge on any atom is -0.457 e. The molecule has 0 spiro atoms. The molecule has 0 atom stereocenters. The van der Waals surface area contributed by atoms with Crippen LogP contribution in [-0.4, -0.2) is 10.0 Å². The molecule has 0 radical (unpaired) electrons. The summed E-state index contributed by atoms with van der Waals surface area (Å²) in [6.45, 7) is 3.48. The molecular weight excluding hydrogens is 258 g/mol. The minimum absolute atomic E-state index is 0.110. The average molecular weight is 273 g/mol. The Hall–Kier alpha value is -2.40. The maximum absolute atomic E-state index is 10.8. The van der Waals surface area contributed by atoms with Gasteiger partial charge >= 0.3 is 0 Å². The van der Waals surface area contributed by atoms with E-state index in [1.165, 1.54) is 18.2 Å². The Labute approximate surface area is 116 Å². The van der Waals surface area contributed by atoms with Gasteiger partial charge in [-0.25, -0.2) is 0 Å². The van der Waals surface area contributed by atoms with E-state index in [1.54, 1.807) is 0 Å². The Morgan fingerprint density at radius 1 is 1.20 bits per heavy atom. The molecule has 0 aromatic heterocycles. The lowest BCUT2D eigenvalue weighted by Gasteiger charge is -2.10. The van der Waals surface area contributed by atoms with Gasteiger partial charge in [-0.15, -0.1) is 0 Å². The molecule has 20 heavy (non-hydrogen) atoms. The molecule has 0 saturated heterocycles. The van der Waals surface area contributed by atoms with Crippen molar-refractivity contribution >= 4 is 5.69 Å². The van der Waals surface area contributed by atoms with Crippen LogP contribution in [0.4, 0.5) is 5.69 Å². The second kappa shape index (κ2) is 5.71. The van der Waals surface area contributed by atoms with E-state index >= 15 is 0 Å². The molecule has 2 aromatic rings. The van der Waals surface area contributed by atoms with Crippen LogP contribution in [0.5, 0.6) is 11.5 Å².